The molecule has 0 spiro atoms. The summed E-state index contributed by atoms with van der Waals surface area (Å²) in [6.07, 6.45) is 3.79. The Kier molecular flexibility index (Phi) is 8.48. The number of halogens is 1. The largest absolute Gasteiger partial charge is 0.493 e. The van der Waals surface area contributed by atoms with Gasteiger partial charge in [-0.1, -0.05) is 18.0 Å². The molecule has 1 aromatic carbocycles. The molecule has 1 atom stereocenters. The van der Waals surface area contributed by atoms with Gasteiger partial charge in [0, 0.05) is 32.1 Å². The Morgan fingerprint density at radius 3 is 2.92 bits per heavy atom. The van der Waals surface area contributed by atoms with Crippen LogP contribution in [0.3, 0.4) is 0 Å². The van der Waals surface area contributed by atoms with Crippen LogP contribution >= 0.6 is 11.6 Å². The number of likely N-dealkylation sites (tertiary alicyclic amines) is 1. The molecule has 1 unspecified atom stereocenters. The fraction of sp³-hybridized carbons (Fsp3) is 0.632. The summed E-state index contributed by atoms with van der Waals surface area (Å²) in [5, 5.41) is 3.56. The quantitative estimate of drug-likeness (QED) is 0.685. The maximum atomic E-state index is 11.7. The summed E-state index contributed by atoms with van der Waals surface area (Å²) < 4.78 is 11.0. The summed E-state index contributed by atoms with van der Waals surface area (Å²) in [7, 11) is 1.62. The van der Waals surface area contributed by atoms with E-state index >= 15 is 0 Å². The summed E-state index contributed by atoms with van der Waals surface area (Å²) in [5.74, 6) is 1.26. The van der Waals surface area contributed by atoms with Crippen molar-refractivity contribution in [1.82, 2.24) is 10.2 Å². The van der Waals surface area contributed by atoms with Gasteiger partial charge in [-0.3, -0.25) is 9.69 Å². The molecule has 0 radical (unpaired) electrons. The van der Waals surface area contributed by atoms with Crippen LogP contribution in [0, 0.1) is 0 Å². The fourth-order valence-electron chi connectivity index (χ4n) is 3.33. The molecule has 1 aliphatic rings. The first kappa shape index (κ1) is 20.8. The zero-order chi connectivity index (χ0) is 18.9. The van der Waals surface area contributed by atoms with Crippen LogP contribution in [0.25, 0.3) is 0 Å². The Balaban J connectivity index is 2.06. The molecule has 1 aromatic rings. The first-order valence-electron chi connectivity index (χ1n) is 9.29. The fourth-order valence-corrected chi connectivity index (χ4v) is 3.62. The number of benzene rings is 1. The molecule has 7 heteroatoms. The molecule has 1 heterocycles. The Bertz CT molecular complexity index is 598. The Labute approximate surface area is 161 Å². The van der Waals surface area contributed by atoms with E-state index in [1.54, 1.807) is 7.11 Å². The zero-order valence-corrected chi connectivity index (χ0v) is 16.5. The van der Waals surface area contributed by atoms with E-state index in [-0.39, 0.29) is 5.91 Å². The predicted molar refractivity (Wildman–Crippen MR) is 104 cm³/mol. The average molecular weight is 384 g/mol. The predicted octanol–water partition coefficient (Wildman–Crippen LogP) is 2.57. The third kappa shape index (κ3) is 5.76. The zero-order valence-electron chi connectivity index (χ0n) is 15.7. The highest BCUT2D eigenvalue weighted by Gasteiger charge is 2.23. The lowest BCUT2D eigenvalue weighted by Crippen LogP contribution is -2.46. The number of rotatable bonds is 9. The number of carbonyl (C=O) groups excluding carboxylic acids is 1. The molecular formula is C19H30ClN3O3. The molecule has 1 fully saturated rings. The maximum absolute atomic E-state index is 11.7. The number of nitrogens with zero attached hydrogens (tertiary/aromatic N) is 1. The first-order chi connectivity index (χ1) is 12.6. The molecule has 1 amide bonds. The van der Waals surface area contributed by atoms with Crippen molar-refractivity contribution < 1.29 is 14.3 Å². The van der Waals surface area contributed by atoms with Gasteiger partial charge in [-0.25, -0.2) is 0 Å². The molecule has 2 rings (SSSR count). The molecule has 1 saturated heterocycles. The van der Waals surface area contributed by atoms with Gasteiger partial charge in [0.1, 0.15) is 0 Å². The Morgan fingerprint density at radius 1 is 1.42 bits per heavy atom. The van der Waals surface area contributed by atoms with Crippen LogP contribution in [-0.4, -0.2) is 50.2 Å². The van der Waals surface area contributed by atoms with Gasteiger partial charge >= 0.3 is 0 Å². The topological polar surface area (TPSA) is 76.8 Å². The van der Waals surface area contributed by atoms with Gasteiger partial charge in [-0.15, -0.1) is 0 Å². The van der Waals surface area contributed by atoms with E-state index in [2.05, 4.69) is 10.2 Å². The van der Waals surface area contributed by atoms with Crippen molar-refractivity contribution in [3.05, 3.63) is 22.7 Å². The van der Waals surface area contributed by atoms with Gasteiger partial charge in [0.25, 0.3) is 0 Å². The van der Waals surface area contributed by atoms with Crippen molar-refractivity contribution in [3.63, 3.8) is 0 Å². The number of hydrogen-bond donors (Lipinski definition) is 2. The third-order valence-corrected chi connectivity index (χ3v) is 4.90. The van der Waals surface area contributed by atoms with E-state index in [0.717, 1.165) is 31.5 Å². The summed E-state index contributed by atoms with van der Waals surface area (Å²) in [6.45, 7) is 5.25. The van der Waals surface area contributed by atoms with Crippen LogP contribution in [-0.2, 0) is 11.3 Å². The molecule has 146 valence electrons. The van der Waals surface area contributed by atoms with E-state index in [4.69, 9.17) is 26.8 Å². The van der Waals surface area contributed by atoms with Gasteiger partial charge in [-0.05, 0) is 44.0 Å². The van der Waals surface area contributed by atoms with Crippen LogP contribution in [0.2, 0.25) is 5.02 Å². The van der Waals surface area contributed by atoms with Crippen LogP contribution < -0.4 is 20.5 Å². The SMILES string of the molecule is CCOc1c(Cl)cc(CN2CCCCC2CNC(=O)CCN)cc1OC. The normalized spacial score (nSPS) is 17.8. The second kappa shape index (κ2) is 10.6. The molecule has 1 aliphatic heterocycles. The van der Waals surface area contributed by atoms with E-state index < -0.39 is 0 Å². The molecule has 0 saturated carbocycles. The van der Waals surface area contributed by atoms with Crippen LogP contribution in [0.15, 0.2) is 12.1 Å². The lowest BCUT2D eigenvalue weighted by molar-refractivity contribution is -0.121. The van der Waals surface area contributed by atoms with E-state index in [1.165, 1.54) is 6.42 Å². The number of piperidine rings is 1. The molecule has 26 heavy (non-hydrogen) atoms. The van der Waals surface area contributed by atoms with Crippen molar-refractivity contribution in [3.8, 4) is 11.5 Å². The molecule has 3 N–H and O–H groups in total. The van der Waals surface area contributed by atoms with Gasteiger partial charge < -0.3 is 20.5 Å². The Hall–Kier alpha value is -1.50. The highest BCUT2D eigenvalue weighted by molar-refractivity contribution is 6.32. The van der Waals surface area contributed by atoms with Crippen molar-refractivity contribution in [2.24, 2.45) is 5.73 Å². The first-order valence-corrected chi connectivity index (χ1v) is 9.66. The van der Waals surface area contributed by atoms with Gasteiger partial charge in [0.2, 0.25) is 5.91 Å². The molecule has 0 aliphatic carbocycles. The van der Waals surface area contributed by atoms with Crippen LogP contribution in [0.4, 0.5) is 0 Å². The number of ether oxygens (including phenoxy) is 2. The highest BCUT2D eigenvalue weighted by Crippen LogP contribution is 2.37. The highest BCUT2D eigenvalue weighted by atomic mass is 35.5. The second-order valence-electron chi connectivity index (χ2n) is 6.50. The summed E-state index contributed by atoms with van der Waals surface area (Å²) in [5.41, 5.74) is 6.52. The maximum Gasteiger partial charge on any atom is 0.221 e. The average Bonchev–Trinajstić information content (AvgIpc) is 2.63. The monoisotopic (exact) mass is 383 g/mol. The summed E-state index contributed by atoms with van der Waals surface area (Å²) >= 11 is 6.39. The smallest absolute Gasteiger partial charge is 0.221 e. The standard InChI is InChI=1S/C19H30ClN3O3/c1-3-26-19-16(20)10-14(11-17(19)25-2)13-23-9-5-4-6-15(23)12-22-18(24)7-8-21/h10-11,15H,3-9,12-13,21H2,1-2H3,(H,22,24). The van der Waals surface area contributed by atoms with Crippen LogP contribution in [0.5, 0.6) is 11.5 Å². The lowest BCUT2D eigenvalue weighted by Gasteiger charge is -2.36. The van der Waals surface area contributed by atoms with E-state index in [0.29, 0.717) is 48.7 Å². The van der Waals surface area contributed by atoms with Crippen LogP contribution in [0.1, 0.15) is 38.2 Å². The number of hydrogen-bond acceptors (Lipinski definition) is 5. The summed E-state index contributed by atoms with van der Waals surface area (Å²) in [6, 6.07) is 4.24. The molecule has 0 aromatic heterocycles. The number of methoxy groups -OCH3 is 1. The number of nitrogens with one attached hydrogen (secondary N) is 1. The minimum Gasteiger partial charge on any atom is -0.493 e. The Morgan fingerprint density at radius 2 is 2.23 bits per heavy atom. The lowest BCUT2D eigenvalue weighted by atomic mass is 10.0. The third-order valence-electron chi connectivity index (χ3n) is 4.62. The van der Waals surface area contributed by atoms with Crippen molar-refractivity contribution in [1.29, 1.82) is 0 Å². The molecule has 0 bridgehead atoms. The van der Waals surface area contributed by atoms with Crippen molar-refractivity contribution in [2.45, 2.75) is 45.2 Å². The summed E-state index contributed by atoms with van der Waals surface area (Å²) in [4.78, 5) is 14.1. The number of amides is 1. The van der Waals surface area contributed by atoms with E-state index in [9.17, 15) is 4.79 Å². The number of nitrogens with two attached hydrogens (primary N) is 1. The molecular weight excluding hydrogens is 354 g/mol. The van der Waals surface area contributed by atoms with Crippen molar-refractivity contribution >= 4 is 17.5 Å². The van der Waals surface area contributed by atoms with Gasteiger partial charge in [0.05, 0.1) is 18.7 Å². The van der Waals surface area contributed by atoms with Gasteiger partial charge in [-0.2, -0.15) is 0 Å². The number of carbonyl (C=O) groups is 1. The molecule has 6 nitrogen and oxygen atoms in total. The minimum atomic E-state index is 0.0174. The van der Waals surface area contributed by atoms with E-state index in [1.807, 2.05) is 19.1 Å². The van der Waals surface area contributed by atoms with Crippen molar-refractivity contribution in [2.75, 3.05) is 33.4 Å². The minimum absolute atomic E-state index is 0.0174. The van der Waals surface area contributed by atoms with Gasteiger partial charge in [0.15, 0.2) is 11.5 Å². The second-order valence-corrected chi connectivity index (χ2v) is 6.91.